The highest BCUT2D eigenvalue weighted by Gasteiger charge is 2.37. The van der Waals surface area contributed by atoms with E-state index in [0.29, 0.717) is 12.2 Å². The Bertz CT molecular complexity index is 629. The van der Waals surface area contributed by atoms with E-state index in [4.69, 9.17) is 5.14 Å². The van der Waals surface area contributed by atoms with E-state index in [2.05, 4.69) is 0 Å². The van der Waals surface area contributed by atoms with Gasteiger partial charge in [0.05, 0.1) is 10.5 Å². The molecule has 1 aliphatic rings. The van der Waals surface area contributed by atoms with Crippen molar-refractivity contribution in [3.8, 4) is 0 Å². The summed E-state index contributed by atoms with van der Waals surface area (Å²) in [7, 11) is -4.42. The minimum Gasteiger partial charge on any atom is -0.369 e. The number of nitrogens with zero attached hydrogens (tertiary/aromatic N) is 1. The van der Waals surface area contributed by atoms with E-state index >= 15 is 0 Å². The van der Waals surface area contributed by atoms with Crippen molar-refractivity contribution in [3.05, 3.63) is 23.8 Å². The third-order valence-corrected chi connectivity index (χ3v) is 4.68. The molecule has 0 radical (unpaired) electrons. The summed E-state index contributed by atoms with van der Waals surface area (Å²) >= 11 is 0. The lowest BCUT2D eigenvalue weighted by Gasteiger charge is -2.35. The van der Waals surface area contributed by atoms with Gasteiger partial charge in [-0.1, -0.05) is 0 Å². The first-order valence-electron chi connectivity index (χ1n) is 6.61. The van der Waals surface area contributed by atoms with Crippen LogP contribution < -0.4 is 10.0 Å². The zero-order chi connectivity index (χ0) is 15.8. The van der Waals surface area contributed by atoms with Crippen molar-refractivity contribution >= 4 is 15.7 Å². The summed E-state index contributed by atoms with van der Waals surface area (Å²) in [5.74, 6) is 0. The van der Waals surface area contributed by atoms with E-state index in [1.807, 2.05) is 11.8 Å². The minimum atomic E-state index is -4.77. The third kappa shape index (κ3) is 3.49. The maximum atomic E-state index is 13.1. The van der Waals surface area contributed by atoms with Gasteiger partial charge in [-0.15, -0.1) is 0 Å². The van der Waals surface area contributed by atoms with Crippen molar-refractivity contribution in [1.82, 2.24) is 0 Å². The average Bonchev–Trinajstić information content (AvgIpc) is 2.36. The van der Waals surface area contributed by atoms with Gasteiger partial charge in [0.15, 0.2) is 0 Å². The topological polar surface area (TPSA) is 63.4 Å². The molecular weight excluding hydrogens is 305 g/mol. The van der Waals surface area contributed by atoms with Crippen molar-refractivity contribution in [2.45, 2.75) is 43.3 Å². The Morgan fingerprint density at radius 2 is 1.95 bits per heavy atom. The summed E-state index contributed by atoms with van der Waals surface area (Å²) in [5, 5.41) is 4.87. The molecule has 2 N–H and O–H groups in total. The number of sulfonamides is 1. The standard InChI is InChI=1S/C13H17F3N2O2S/c1-9-4-2-3-7-18(9)10-5-6-12(21(17,19)20)11(8-10)13(14,15)16/h5-6,8-9H,2-4,7H2,1H3,(H2,17,19,20)/t9-/m1/s1. The number of benzene rings is 1. The summed E-state index contributed by atoms with van der Waals surface area (Å²) in [6.07, 6.45) is -1.92. The normalized spacial score (nSPS) is 20.6. The molecule has 1 aromatic carbocycles. The predicted molar refractivity (Wildman–Crippen MR) is 73.5 cm³/mol. The lowest BCUT2D eigenvalue weighted by atomic mass is 10.0. The molecule has 0 bridgehead atoms. The number of hydrogen-bond donors (Lipinski definition) is 1. The molecule has 21 heavy (non-hydrogen) atoms. The van der Waals surface area contributed by atoms with Crippen LogP contribution in [0.15, 0.2) is 23.1 Å². The molecule has 4 nitrogen and oxygen atoms in total. The molecule has 0 unspecified atom stereocenters. The first kappa shape index (κ1) is 16.1. The molecule has 118 valence electrons. The fourth-order valence-corrected chi connectivity index (χ4v) is 3.39. The first-order valence-corrected chi connectivity index (χ1v) is 8.16. The molecule has 2 rings (SSSR count). The van der Waals surface area contributed by atoms with E-state index in [0.717, 1.165) is 31.4 Å². The molecule has 0 aromatic heterocycles. The van der Waals surface area contributed by atoms with Gasteiger partial charge in [0.2, 0.25) is 10.0 Å². The highest BCUT2D eigenvalue weighted by Crippen LogP contribution is 2.37. The van der Waals surface area contributed by atoms with Crippen LogP contribution in [-0.2, 0) is 16.2 Å². The maximum absolute atomic E-state index is 13.1. The van der Waals surface area contributed by atoms with Crippen LogP contribution in [0, 0.1) is 0 Å². The number of anilines is 1. The molecule has 0 aliphatic carbocycles. The molecular formula is C13H17F3N2O2S. The van der Waals surface area contributed by atoms with Crippen LogP contribution in [0.5, 0.6) is 0 Å². The number of halogens is 3. The monoisotopic (exact) mass is 322 g/mol. The van der Waals surface area contributed by atoms with Crippen LogP contribution in [0.4, 0.5) is 18.9 Å². The van der Waals surface area contributed by atoms with Gasteiger partial charge in [0.1, 0.15) is 0 Å². The zero-order valence-corrected chi connectivity index (χ0v) is 12.3. The summed E-state index contributed by atoms with van der Waals surface area (Å²) < 4.78 is 61.9. The molecule has 1 aromatic rings. The van der Waals surface area contributed by atoms with Gasteiger partial charge in [-0.05, 0) is 44.4 Å². The van der Waals surface area contributed by atoms with Gasteiger partial charge in [0, 0.05) is 18.3 Å². The van der Waals surface area contributed by atoms with Gasteiger partial charge in [-0.25, -0.2) is 13.6 Å². The number of alkyl halides is 3. The molecule has 0 saturated carbocycles. The molecule has 1 heterocycles. The first-order chi connectivity index (χ1) is 9.60. The Morgan fingerprint density at radius 1 is 1.29 bits per heavy atom. The Balaban J connectivity index is 2.52. The van der Waals surface area contributed by atoms with Crippen LogP contribution in [0.25, 0.3) is 0 Å². The van der Waals surface area contributed by atoms with Crippen molar-refractivity contribution in [3.63, 3.8) is 0 Å². The molecule has 0 spiro atoms. The van der Waals surface area contributed by atoms with Crippen molar-refractivity contribution in [1.29, 1.82) is 0 Å². The average molecular weight is 322 g/mol. The molecule has 1 fully saturated rings. The van der Waals surface area contributed by atoms with Gasteiger partial charge < -0.3 is 4.90 Å². The van der Waals surface area contributed by atoms with Gasteiger partial charge >= 0.3 is 6.18 Å². The fraction of sp³-hybridized carbons (Fsp3) is 0.538. The van der Waals surface area contributed by atoms with Crippen molar-refractivity contribution in [2.75, 3.05) is 11.4 Å². The van der Waals surface area contributed by atoms with E-state index in [1.54, 1.807) is 0 Å². The number of piperidine rings is 1. The Hall–Kier alpha value is -1.28. The van der Waals surface area contributed by atoms with E-state index in [9.17, 15) is 21.6 Å². The van der Waals surface area contributed by atoms with Gasteiger partial charge in [-0.3, -0.25) is 0 Å². The second-order valence-corrected chi connectivity index (χ2v) is 6.79. The summed E-state index contributed by atoms with van der Waals surface area (Å²) in [6.45, 7) is 2.60. The summed E-state index contributed by atoms with van der Waals surface area (Å²) in [4.78, 5) is 0.981. The Labute approximate surface area is 121 Å². The molecule has 1 aliphatic heterocycles. The summed E-state index contributed by atoms with van der Waals surface area (Å²) in [5.41, 5.74) is -0.831. The van der Waals surface area contributed by atoms with E-state index in [1.165, 1.54) is 6.07 Å². The zero-order valence-electron chi connectivity index (χ0n) is 11.5. The maximum Gasteiger partial charge on any atom is 0.417 e. The third-order valence-electron chi connectivity index (χ3n) is 3.71. The molecule has 0 amide bonds. The molecule has 1 atom stereocenters. The number of rotatable bonds is 2. The van der Waals surface area contributed by atoms with Gasteiger partial charge in [0.25, 0.3) is 0 Å². The van der Waals surface area contributed by atoms with Crippen LogP contribution in [0.2, 0.25) is 0 Å². The number of nitrogens with two attached hydrogens (primary N) is 1. The SMILES string of the molecule is C[C@@H]1CCCCN1c1ccc(S(N)(=O)=O)c(C(F)(F)F)c1. The number of hydrogen-bond acceptors (Lipinski definition) is 3. The largest absolute Gasteiger partial charge is 0.417 e. The van der Waals surface area contributed by atoms with Crippen molar-refractivity contribution in [2.24, 2.45) is 5.14 Å². The van der Waals surface area contributed by atoms with Crippen LogP contribution in [0.3, 0.4) is 0 Å². The lowest BCUT2D eigenvalue weighted by Crippen LogP contribution is -2.37. The van der Waals surface area contributed by atoms with E-state index < -0.39 is 26.7 Å². The Kier molecular flexibility index (Phi) is 4.21. The number of primary sulfonamides is 1. The quantitative estimate of drug-likeness (QED) is 0.910. The molecule has 8 heteroatoms. The fourth-order valence-electron chi connectivity index (χ4n) is 2.65. The highest BCUT2D eigenvalue weighted by molar-refractivity contribution is 7.89. The predicted octanol–water partition coefficient (Wildman–Crippen LogP) is 2.73. The van der Waals surface area contributed by atoms with Crippen LogP contribution in [0.1, 0.15) is 31.7 Å². The summed E-state index contributed by atoms with van der Waals surface area (Å²) in [6, 6.07) is 3.33. The van der Waals surface area contributed by atoms with Crippen LogP contribution >= 0.6 is 0 Å². The van der Waals surface area contributed by atoms with Crippen LogP contribution in [-0.4, -0.2) is 21.0 Å². The Morgan fingerprint density at radius 3 is 2.48 bits per heavy atom. The minimum absolute atomic E-state index is 0.125. The smallest absolute Gasteiger partial charge is 0.369 e. The molecule has 1 saturated heterocycles. The van der Waals surface area contributed by atoms with Gasteiger partial charge in [-0.2, -0.15) is 13.2 Å². The highest BCUT2D eigenvalue weighted by atomic mass is 32.2. The second kappa shape index (κ2) is 5.49. The van der Waals surface area contributed by atoms with E-state index in [-0.39, 0.29) is 6.04 Å². The van der Waals surface area contributed by atoms with Crippen molar-refractivity contribution < 1.29 is 21.6 Å². The second-order valence-electron chi connectivity index (χ2n) is 5.26. The lowest BCUT2D eigenvalue weighted by molar-refractivity contribution is -0.139.